The van der Waals surface area contributed by atoms with Gasteiger partial charge in [0.05, 0.1) is 31.4 Å². The van der Waals surface area contributed by atoms with Gasteiger partial charge in [0, 0.05) is 6.42 Å². The van der Waals surface area contributed by atoms with E-state index in [0.717, 1.165) is 36.8 Å². The number of hydrogen-bond donors (Lipinski definition) is 3. The maximum atomic E-state index is 13.3. The molecular weight excluding hydrogens is 472 g/mol. The fraction of sp³-hybridized carbons (Fsp3) is 0.483. The van der Waals surface area contributed by atoms with E-state index in [2.05, 4.69) is 10.6 Å². The highest BCUT2D eigenvalue weighted by Gasteiger charge is 2.29. The zero-order chi connectivity index (χ0) is 26.9. The lowest BCUT2D eigenvalue weighted by Gasteiger charge is -2.25. The maximum absolute atomic E-state index is 13.3. The second kappa shape index (κ2) is 17.1. The number of carbonyl (C=O) groups excluding carboxylic acids is 3. The predicted octanol–water partition coefficient (Wildman–Crippen LogP) is 4.58. The summed E-state index contributed by atoms with van der Waals surface area (Å²) in [5.74, 6) is -0.358. The number of unbranched alkanes of at least 4 members (excludes halogenated alkanes) is 2. The molecule has 8 heteroatoms. The van der Waals surface area contributed by atoms with Gasteiger partial charge in [-0.1, -0.05) is 87.4 Å². The van der Waals surface area contributed by atoms with Crippen molar-refractivity contribution >= 4 is 18.0 Å². The predicted molar refractivity (Wildman–Crippen MR) is 142 cm³/mol. The fourth-order valence-electron chi connectivity index (χ4n) is 3.73. The van der Waals surface area contributed by atoms with E-state index in [1.54, 1.807) is 0 Å². The van der Waals surface area contributed by atoms with Crippen LogP contribution in [0.15, 0.2) is 60.7 Å². The van der Waals surface area contributed by atoms with Gasteiger partial charge in [-0.15, -0.1) is 0 Å². The quantitative estimate of drug-likeness (QED) is 0.284. The van der Waals surface area contributed by atoms with Gasteiger partial charge >= 0.3 is 12.2 Å². The molecule has 2 amide bonds. The van der Waals surface area contributed by atoms with Crippen LogP contribution in [-0.2, 0) is 27.1 Å². The van der Waals surface area contributed by atoms with Gasteiger partial charge in [-0.25, -0.2) is 9.59 Å². The zero-order valence-electron chi connectivity index (χ0n) is 21.9. The van der Waals surface area contributed by atoms with E-state index in [9.17, 15) is 19.5 Å². The average molecular weight is 513 g/mol. The summed E-state index contributed by atoms with van der Waals surface area (Å²) in [6, 6.07) is 17.1. The molecule has 2 aromatic carbocycles. The van der Waals surface area contributed by atoms with Crippen molar-refractivity contribution in [1.82, 2.24) is 10.6 Å². The minimum absolute atomic E-state index is 0.255. The van der Waals surface area contributed by atoms with Crippen LogP contribution >= 0.6 is 0 Å². The molecule has 202 valence electrons. The largest absolute Gasteiger partial charge is 0.450 e. The lowest BCUT2D eigenvalue weighted by molar-refractivity contribution is -0.123. The Bertz CT molecular complexity index is 938. The van der Waals surface area contributed by atoms with Crippen LogP contribution in [0.25, 0.3) is 0 Å². The highest BCUT2D eigenvalue weighted by Crippen LogP contribution is 2.13. The molecule has 0 aliphatic rings. The molecule has 0 saturated carbocycles. The number of rotatable bonds is 16. The van der Waals surface area contributed by atoms with Gasteiger partial charge in [0.2, 0.25) is 0 Å². The molecule has 2 rings (SSSR count). The summed E-state index contributed by atoms with van der Waals surface area (Å²) in [4.78, 5) is 38.0. The number of carbonyl (C=O) groups is 3. The summed E-state index contributed by atoms with van der Waals surface area (Å²) >= 11 is 0. The molecule has 3 atom stereocenters. The van der Waals surface area contributed by atoms with E-state index in [1.807, 2.05) is 74.5 Å². The second-order valence-corrected chi connectivity index (χ2v) is 9.04. The van der Waals surface area contributed by atoms with Gasteiger partial charge in [0.1, 0.15) is 0 Å². The first-order valence-corrected chi connectivity index (χ1v) is 13.1. The molecule has 0 aliphatic heterocycles. The fourth-order valence-corrected chi connectivity index (χ4v) is 3.73. The molecule has 0 fully saturated rings. The molecule has 0 radical (unpaired) electrons. The zero-order valence-corrected chi connectivity index (χ0v) is 21.9. The molecule has 0 heterocycles. The number of aliphatic hydroxyl groups is 1. The third-order valence-electron chi connectivity index (χ3n) is 5.90. The van der Waals surface area contributed by atoms with Gasteiger partial charge < -0.3 is 25.2 Å². The van der Waals surface area contributed by atoms with Crippen LogP contribution in [0, 0.1) is 0 Å². The Kier molecular flexibility index (Phi) is 13.8. The number of amides is 2. The number of aliphatic hydroxyl groups excluding tert-OH is 1. The highest BCUT2D eigenvalue weighted by molar-refractivity contribution is 5.88. The van der Waals surface area contributed by atoms with Crippen molar-refractivity contribution in [3.8, 4) is 0 Å². The van der Waals surface area contributed by atoms with Crippen molar-refractivity contribution in [3.05, 3.63) is 71.8 Å². The number of Topliss-reactive ketones (excluding diaryl/α,β-unsaturated/α-hetero) is 1. The molecular formula is C29H40N2O6. The molecule has 2 aromatic rings. The first-order chi connectivity index (χ1) is 17.9. The standard InChI is InChI=1S/C29H40N2O6/c1-3-5-17-36-28(34)30-24(19-22-13-9-7-10-14-22)26(32)21-27(33)25(20-23-15-11-8-12-16-23)31-29(35)37-18-6-4-2/h7-16,24-26,32H,3-6,17-21H2,1-2H3,(H,30,34)(H,31,35)/t24-,25-,26?/m0/s1. The minimum atomic E-state index is -1.19. The van der Waals surface area contributed by atoms with Crippen molar-refractivity contribution in [2.75, 3.05) is 13.2 Å². The average Bonchev–Trinajstić information content (AvgIpc) is 2.89. The van der Waals surface area contributed by atoms with Crippen LogP contribution in [0.2, 0.25) is 0 Å². The van der Waals surface area contributed by atoms with E-state index >= 15 is 0 Å². The lowest BCUT2D eigenvalue weighted by atomic mass is 9.93. The molecule has 0 aliphatic carbocycles. The molecule has 3 N–H and O–H groups in total. The topological polar surface area (TPSA) is 114 Å². The molecule has 0 aromatic heterocycles. The number of benzene rings is 2. The third-order valence-corrected chi connectivity index (χ3v) is 5.90. The lowest BCUT2D eigenvalue weighted by Crippen LogP contribution is -2.49. The number of alkyl carbamates (subject to hydrolysis) is 2. The van der Waals surface area contributed by atoms with E-state index in [4.69, 9.17) is 9.47 Å². The first-order valence-electron chi connectivity index (χ1n) is 13.1. The van der Waals surface area contributed by atoms with Gasteiger partial charge in [-0.3, -0.25) is 4.79 Å². The number of nitrogens with one attached hydrogen (secondary N) is 2. The molecule has 0 saturated heterocycles. The van der Waals surface area contributed by atoms with E-state index in [-0.39, 0.29) is 31.8 Å². The second-order valence-electron chi connectivity index (χ2n) is 9.04. The third kappa shape index (κ3) is 11.9. The van der Waals surface area contributed by atoms with Crippen molar-refractivity contribution in [2.45, 2.75) is 77.0 Å². The van der Waals surface area contributed by atoms with Crippen LogP contribution in [0.4, 0.5) is 9.59 Å². The Morgan fingerprint density at radius 2 is 1.24 bits per heavy atom. The smallest absolute Gasteiger partial charge is 0.407 e. The Morgan fingerprint density at radius 3 is 1.76 bits per heavy atom. The summed E-state index contributed by atoms with van der Waals surface area (Å²) in [5, 5.41) is 16.4. The van der Waals surface area contributed by atoms with E-state index in [0.29, 0.717) is 6.42 Å². The van der Waals surface area contributed by atoms with Crippen LogP contribution in [0.1, 0.15) is 57.1 Å². The normalized spacial score (nSPS) is 13.2. The van der Waals surface area contributed by atoms with Crippen LogP contribution < -0.4 is 10.6 Å². The summed E-state index contributed by atoms with van der Waals surface area (Å²) in [6.45, 7) is 4.53. The summed E-state index contributed by atoms with van der Waals surface area (Å²) in [6.07, 6.45) is 1.02. The maximum Gasteiger partial charge on any atom is 0.407 e. The SMILES string of the molecule is CCCCOC(=O)N[C@@H](Cc1ccccc1)C(=O)CC(O)[C@H](Cc1ccccc1)NC(=O)OCCCC. The molecule has 8 nitrogen and oxygen atoms in total. The Hall–Kier alpha value is -3.39. The number of ether oxygens (including phenoxy) is 2. The highest BCUT2D eigenvalue weighted by atomic mass is 16.6. The minimum Gasteiger partial charge on any atom is -0.450 e. The van der Waals surface area contributed by atoms with E-state index in [1.165, 1.54) is 0 Å². The Balaban J connectivity index is 2.11. The molecule has 0 spiro atoms. The molecule has 37 heavy (non-hydrogen) atoms. The van der Waals surface area contributed by atoms with Gasteiger partial charge in [-0.05, 0) is 36.8 Å². The number of hydrogen-bond acceptors (Lipinski definition) is 6. The first kappa shape index (κ1) is 29.8. The Labute approximate surface area is 219 Å². The summed E-state index contributed by atoms with van der Waals surface area (Å²) in [7, 11) is 0. The van der Waals surface area contributed by atoms with Gasteiger partial charge in [0.25, 0.3) is 0 Å². The van der Waals surface area contributed by atoms with Crippen molar-refractivity contribution in [2.24, 2.45) is 0 Å². The Morgan fingerprint density at radius 1 is 0.757 bits per heavy atom. The van der Waals surface area contributed by atoms with Crippen molar-refractivity contribution in [3.63, 3.8) is 0 Å². The summed E-state index contributed by atoms with van der Waals surface area (Å²) < 4.78 is 10.4. The van der Waals surface area contributed by atoms with Crippen LogP contribution in [0.5, 0.6) is 0 Å². The number of ketones is 1. The molecule has 0 bridgehead atoms. The van der Waals surface area contributed by atoms with Crippen molar-refractivity contribution in [1.29, 1.82) is 0 Å². The van der Waals surface area contributed by atoms with Crippen molar-refractivity contribution < 1.29 is 29.0 Å². The monoisotopic (exact) mass is 512 g/mol. The van der Waals surface area contributed by atoms with Crippen LogP contribution in [0.3, 0.4) is 0 Å². The van der Waals surface area contributed by atoms with Gasteiger partial charge in [0.15, 0.2) is 5.78 Å². The van der Waals surface area contributed by atoms with E-state index < -0.39 is 30.4 Å². The van der Waals surface area contributed by atoms with Crippen LogP contribution in [-0.4, -0.2) is 54.5 Å². The molecule has 1 unspecified atom stereocenters. The van der Waals surface area contributed by atoms with Gasteiger partial charge in [-0.2, -0.15) is 0 Å². The summed E-state index contributed by atoms with van der Waals surface area (Å²) in [5.41, 5.74) is 1.76.